The molecular formula is C16H18BrN3O3S. The zero-order valence-electron chi connectivity index (χ0n) is 13.3. The fourth-order valence-corrected chi connectivity index (χ4v) is 3.15. The Kier molecular flexibility index (Phi) is 5.98. The molecule has 24 heavy (non-hydrogen) atoms. The van der Waals surface area contributed by atoms with Crippen molar-refractivity contribution in [1.82, 2.24) is 9.62 Å². The molecule has 6 nitrogen and oxygen atoms in total. The predicted molar refractivity (Wildman–Crippen MR) is 97.3 cm³/mol. The van der Waals surface area contributed by atoms with Crippen molar-refractivity contribution < 1.29 is 13.2 Å². The summed E-state index contributed by atoms with van der Waals surface area (Å²) < 4.78 is 26.5. The molecule has 0 spiro atoms. The van der Waals surface area contributed by atoms with E-state index in [-0.39, 0.29) is 10.9 Å². The van der Waals surface area contributed by atoms with Crippen molar-refractivity contribution in [3.05, 3.63) is 58.6 Å². The first kappa shape index (κ1) is 18.4. The number of hydrogen-bond donors (Lipinski definition) is 2. The molecule has 0 aliphatic heterocycles. The molecule has 0 aliphatic carbocycles. The minimum absolute atomic E-state index is 0.143. The average molecular weight is 412 g/mol. The van der Waals surface area contributed by atoms with E-state index in [4.69, 9.17) is 0 Å². The molecule has 2 amide bonds. The van der Waals surface area contributed by atoms with Crippen LogP contribution in [0.4, 0.5) is 10.5 Å². The summed E-state index contributed by atoms with van der Waals surface area (Å²) in [4.78, 5) is 13.9. The summed E-state index contributed by atoms with van der Waals surface area (Å²) >= 11 is 3.45. The second kappa shape index (κ2) is 7.78. The van der Waals surface area contributed by atoms with E-state index in [1.165, 1.54) is 19.2 Å². The SMILES string of the molecule is CNS(=O)(=O)c1ccc(NC(=O)N(C)Cc2ccccc2Br)cc1. The number of halogens is 1. The molecule has 2 rings (SSSR count). The summed E-state index contributed by atoms with van der Waals surface area (Å²) in [5, 5.41) is 2.73. The number of carbonyl (C=O) groups is 1. The predicted octanol–water partition coefficient (Wildman–Crippen LogP) is 3.02. The van der Waals surface area contributed by atoms with E-state index in [0.29, 0.717) is 12.2 Å². The first-order chi connectivity index (χ1) is 11.3. The van der Waals surface area contributed by atoms with E-state index < -0.39 is 10.0 Å². The standard InChI is InChI=1S/C16H18BrN3O3S/c1-18-24(22,23)14-9-7-13(8-10-14)19-16(21)20(2)11-12-5-3-4-6-15(12)17/h3-10,18H,11H2,1-2H3,(H,19,21). The number of hydrogen-bond acceptors (Lipinski definition) is 3. The minimum Gasteiger partial charge on any atom is -0.323 e. The van der Waals surface area contributed by atoms with Crippen LogP contribution in [0.3, 0.4) is 0 Å². The maximum absolute atomic E-state index is 12.2. The Morgan fingerprint density at radius 2 is 1.75 bits per heavy atom. The molecule has 2 N–H and O–H groups in total. The van der Waals surface area contributed by atoms with Gasteiger partial charge in [0, 0.05) is 23.8 Å². The minimum atomic E-state index is -3.48. The maximum atomic E-state index is 12.2. The second-order valence-corrected chi connectivity index (χ2v) is 7.85. The van der Waals surface area contributed by atoms with E-state index in [1.807, 2.05) is 24.3 Å². The number of anilines is 1. The molecule has 2 aromatic rings. The fraction of sp³-hybridized carbons (Fsp3) is 0.188. The monoisotopic (exact) mass is 411 g/mol. The normalized spacial score (nSPS) is 11.1. The first-order valence-electron chi connectivity index (χ1n) is 7.12. The van der Waals surface area contributed by atoms with Crippen LogP contribution in [0.15, 0.2) is 57.9 Å². The van der Waals surface area contributed by atoms with Crippen LogP contribution in [0.5, 0.6) is 0 Å². The van der Waals surface area contributed by atoms with Crippen molar-refractivity contribution in [1.29, 1.82) is 0 Å². The molecule has 8 heteroatoms. The molecule has 0 unspecified atom stereocenters. The molecule has 128 valence electrons. The molecule has 0 aliphatic rings. The molecule has 0 saturated heterocycles. The highest BCUT2D eigenvalue weighted by molar-refractivity contribution is 9.10. The molecular weight excluding hydrogens is 394 g/mol. The first-order valence-corrected chi connectivity index (χ1v) is 9.40. The Labute approximate surface area is 150 Å². The van der Waals surface area contributed by atoms with Gasteiger partial charge in [-0.3, -0.25) is 0 Å². The van der Waals surface area contributed by atoms with Gasteiger partial charge in [0.05, 0.1) is 4.90 Å². The highest BCUT2D eigenvalue weighted by Crippen LogP contribution is 2.18. The number of carbonyl (C=O) groups excluding carboxylic acids is 1. The van der Waals surface area contributed by atoms with E-state index in [1.54, 1.807) is 24.1 Å². The summed E-state index contributed by atoms with van der Waals surface area (Å²) in [6, 6.07) is 13.4. The third-order valence-corrected chi connectivity index (χ3v) is 5.60. The summed E-state index contributed by atoms with van der Waals surface area (Å²) in [7, 11) is -0.446. The van der Waals surface area contributed by atoms with Crippen molar-refractivity contribution in [3.63, 3.8) is 0 Å². The number of sulfonamides is 1. The Morgan fingerprint density at radius 3 is 2.33 bits per heavy atom. The molecule has 0 saturated carbocycles. The summed E-state index contributed by atoms with van der Waals surface area (Å²) in [5.74, 6) is 0. The largest absolute Gasteiger partial charge is 0.323 e. The van der Waals surface area contributed by atoms with E-state index in [9.17, 15) is 13.2 Å². The number of benzene rings is 2. The van der Waals surface area contributed by atoms with Gasteiger partial charge in [0.2, 0.25) is 10.0 Å². The lowest BCUT2D eigenvalue weighted by Gasteiger charge is -2.19. The summed E-state index contributed by atoms with van der Waals surface area (Å²) in [5.41, 5.74) is 1.51. The second-order valence-electron chi connectivity index (χ2n) is 5.11. The van der Waals surface area contributed by atoms with Gasteiger partial charge in [-0.1, -0.05) is 34.1 Å². The van der Waals surface area contributed by atoms with E-state index in [0.717, 1.165) is 10.0 Å². The van der Waals surface area contributed by atoms with Crippen LogP contribution in [-0.4, -0.2) is 33.4 Å². The Hall–Kier alpha value is -1.90. The number of nitrogens with zero attached hydrogens (tertiary/aromatic N) is 1. The van der Waals surface area contributed by atoms with Crippen LogP contribution in [0.25, 0.3) is 0 Å². The van der Waals surface area contributed by atoms with Gasteiger partial charge in [-0.15, -0.1) is 0 Å². The van der Waals surface area contributed by atoms with Gasteiger partial charge in [-0.25, -0.2) is 17.9 Å². The summed E-state index contributed by atoms with van der Waals surface area (Å²) in [6.45, 7) is 0.444. The van der Waals surface area contributed by atoms with Crippen LogP contribution in [0, 0.1) is 0 Å². The van der Waals surface area contributed by atoms with Crippen LogP contribution in [0.1, 0.15) is 5.56 Å². The zero-order chi connectivity index (χ0) is 17.7. The smallest absolute Gasteiger partial charge is 0.321 e. The van der Waals surface area contributed by atoms with Gasteiger partial charge in [-0.2, -0.15) is 0 Å². The molecule has 0 radical (unpaired) electrons. The van der Waals surface area contributed by atoms with Crippen molar-refractivity contribution >= 4 is 37.7 Å². The molecule has 0 atom stereocenters. The quantitative estimate of drug-likeness (QED) is 0.793. The third kappa shape index (κ3) is 4.56. The zero-order valence-corrected chi connectivity index (χ0v) is 15.7. The van der Waals surface area contributed by atoms with Gasteiger partial charge in [0.25, 0.3) is 0 Å². The van der Waals surface area contributed by atoms with Crippen molar-refractivity contribution in [2.75, 3.05) is 19.4 Å². The van der Waals surface area contributed by atoms with Crippen molar-refractivity contribution in [3.8, 4) is 0 Å². The van der Waals surface area contributed by atoms with Gasteiger partial charge in [-0.05, 0) is 42.9 Å². The van der Waals surface area contributed by atoms with E-state index >= 15 is 0 Å². The highest BCUT2D eigenvalue weighted by atomic mass is 79.9. The lowest BCUT2D eigenvalue weighted by molar-refractivity contribution is 0.220. The van der Waals surface area contributed by atoms with E-state index in [2.05, 4.69) is 26.0 Å². The number of urea groups is 1. The van der Waals surface area contributed by atoms with Gasteiger partial charge in [0.1, 0.15) is 0 Å². The fourth-order valence-electron chi connectivity index (χ4n) is 2.01. The molecule has 2 aromatic carbocycles. The van der Waals surface area contributed by atoms with Crippen LogP contribution in [0.2, 0.25) is 0 Å². The van der Waals surface area contributed by atoms with Gasteiger partial charge >= 0.3 is 6.03 Å². The number of nitrogens with one attached hydrogen (secondary N) is 2. The molecule has 0 heterocycles. The van der Waals surface area contributed by atoms with Gasteiger partial charge in [0.15, 0.2) is 0 Å². The Balaban J connectivity index is 2.03. The van der Waals surface area contributed by atoms with Gasteiger partial charge < -0.3 is 10.2 Å². The lowest BCUT2D eigenvalue weighted by atomic mass is 10.2. The highest BCUT2D eigenvalue weighted by Gasteiger charge is 2.13. The topological polar surface area (TPSA) is 78.5 Å². The number of rotatable bonds is 5. The Bertz CT molecular complexity index is 823. The molecule has 0 fully saturated rings. The average Bonchev–Trinajstić information content (AvgIpc) is 2.57. The maximum Gasteiger partial charge on any atom is 0.321 e. The number of amides is 2. The van der Waals surface area contributed by atoms with Crippen LogP contribution >= 0.6 is 15.9 Å². The third-order valence-electron chi connectivity index (χ3n) is 3.40. The van der Waals surface area contributed by atoms with Crippen molar-refractivity contribution in [2.24, 2.45) is 0 Å². The van der Waals surface area contributed by atoms with Crippen LogP contribution < -0.4 is 10.0 Å². The van der Waals surface area contributed by atoms with Crippen LogP contribution in [-0.2, 0) is 16.6 Å². The lowest BCUT2D eigenvalue weighted by Crippen LogP contribution is -2.31. The molecule has 0 aromatic heterocycles. The van der Waals surface area contributed by atoms with Crippen molar-refractivity contribution in [2.45, 2.75) is 11.4 Å². The molecule has 0 bridgehead atoms. The Morgan fingerprint density at radius 1 is 1.12 bits per heavy atom. The summed E-state index contributed by atoms with van der Waals surface area (Å²) in [6.07, 6.45) is 0.